The van der Waals surface area contributed by atoms with E-state index in [1.807, 2.05) is 23.2 Å². The summed E-state index contributed by atoms with van der Waals surface area (Å²) in [6.45, 7) is 12.6. The topological polar surface area (TPSA) is 9.86 Å². The van der Waals surface area contributed by atoms with Gasteiger partial charge >= 0.3 is 19.5 Å². The van der Waals surface area contributed by atoms with E-state index in [4.69, 9.17) is 0 Å². The van der Waals surface area contributed by atoms with Crippen LogP contribution in [0.15, 0.2) is 0 Å². The molecule has 2 heterocycles. The molecular formula is C16H24N2Ru. The summed E-state index contributed by atoms with van der Waals surface area (Å²) in [6, 6.07) is 0. The Bertz CT molecular complexity index is 452. The third kappa shape index (κ3) is 4.07. The molecule has 0 amide bonds. The van der Waals surface area contributed by atoms with Gasteiger partial charge in [0, 0.05) is 0 Å². The molecule has 0 unspecified atom stereocenters. The van der Waals surface area contributed by atoms with E-state index in [9.17, 15) is 0 Å². The van der Waals surface area contributed by atoms with Gasteiger partial charge in [-0.15, -0.1) is 23.8 Å². The molecule has 0 aliphatic heterocycles. The first-order valence-electron chi connectivity index (χ1n) is 6.29. The van der Waals surface area contributed by atoms with Crippen LogP contribution in [0.4, 0.5) is 0 Å². The summed E-state index contributed by atoms with van der Waals surface area (Å²) in [5.74, 6) is 0. The second-order valence-corrected chi connectivity index (χ2v) is 5.01. The van der Waals surface area contributed by atoms with Crippen LogP contribution in [0.2, 0.25) is 0 Å². The van der Waals surface area contributed by atoms with Crippen molar-refractivity contribution >= 4 is 0 Å². The molecule has 0 aliphatic carbocycles. The molecule has 0 spiro atoms. The largest absolute Gasteiger partial charge is 2.00 e. The minimum atomic E-state index is 0. The van der Waals surface area contributed by atoms with E-state index in [1.54, 1.807) is 0 Å². The molecule has 106 valence electrons. The van der Waals surface area contributed by atoms with Crippen LogP contribution < -0.4 is 0 Å². The summed E-state index contributed by atoms with van der Waals surface area (Å²) in [5, 5.41) is 0. The van der Waals surface area contributed by atoms with E-state index >= 15 is 0 Å². The predicted molar refractivity (Wildman–Crippen MR) is 76.9 cm³/mol. The third-order valence-corrected chi connectivity index (χ3v) is 3.89. The molecule has 3 heteroatoms. The van der Waals surface area contributed by atoms with Crippen molar-refractivity contribution in [2.75, 3.05) is 0 Å². The molecule has 0 bridgehead atoms. The van der Waals surface area contributed by atoms with Gasteiger partial charge in [-0.25, -0.2) is 0 Å². The maximum Gasteiger partial charge on any atom is 2.00 e. The molecular weight excluding hydrogens is 321 g/mol. The van der Waals surface area contributed by atoms with Crippen molar-refractivity contribution in [1.82, 2.24) is 9.13 Å². The molecule has 0 fully saturated rings. The first-order valence-corrected chi connectivity index (χ1v) is 6.29. The van der Waals surface area contributed by atoms with Gasteiger partial charge in [0.1, 0.15) is 0 Å². The Balaban J connectivity index is 0.000000324. The molecule has 0 saturated carbocycles. The van der Waals surface area contributed by atoms with E-state index in [1.165, 1.54) is 33.6 Å². The molecule has 0 saturated heterocycles. The Morgan fingerprint density at radius 2 is 0.895 bits per heavy atom. The Kier molecular flexibility index (Phi) is 6.79. The first kappa shape index (κ1) is 18.2. The Hall–Kier alpha value is -0.817. The monoisotopic (exact) mass is 346 g/mol. The van der Waals surface area contributed by atoms with E-state index < -0.39 is 0 Å². The van der Waals surface area contributed by atoms with Gasteiger partial charge in [0.05, 0.1) is 0 Å². The second kappa shape index (κ2) is 7.10. The van der Waals surface area contributed by atoms with Gasteiger partial charge in [0.15, 0.2) is 0 Å². The standard InChI is InChI=1S/2C8H12N.Ru/c2*1-6-5-9(4)8(3)7(6)2;/h2*1-4H3;/q2*-1;+2. The van der Waals surface area contributed by atoms with Crippen molar-refractivity contribution in [3.63, 3.8) is 0 Å². The summed E-state index contributed by atoms with van der Waals surface area (Å²) in [5.41, 5.74) is 7.86. The fraction of sp³-hybridized carbons (Fsp3) is 0.500. The average molecular weight is 345 g/mol. The fourth-order valence-electron chi connectivity index (χ4n) is 1.88. The van der Waals surface area contributed by atoms with Crippen molar-refractivity contribution in [2.45, 2.75) is 41.5 Å². The SMILES string of the molecule is Cc1[c-]n(C)c(C)c1C.Cc1[c-]n(C)c(C)c1C.[Ru+2]. The van der Waals surface area contributed by atoms with Crippen molar-refractivity contribution in [3.05, 3.63) is 46.0 Å². The number of aromatic nitrogens is 2. The molecule has 2 aromatic rings. The van der Waals surface area contributed by atoms with Crippen LogP contribution in [0.25, 0.3) is 0 Å². The molecule has 0 aromatic carbocycles. The number of rotatable bonds is 0. The van der Waals surface area contributed by atoms with Gasteiger partial charge in [-0.3, -0.25) is 0 Å². The van der Waals surface area contributed by atoms with Gasteiger partial charge in [-0.1, -0.05) is 41.5 Å². The summed E-state index contributed by atoms with van der Waals surface area (Å²) in [6.07, 6.45) is 6.38. The first-order chi connectivity index (χ1) is 8.25. The second-order valence-electron chi connectivity index (χ2n) is 5.01. The molecule has 19 heavy (non-hydrogen) atoms. The van der Waals surface area contributed by atoms with E-state index in [0.29, 0.717) is 0 Å². The molecule has 0 radical (unpaired) electrons. The summed E-state index contributed by atoms with van der Waals surface area (Å²) in [4.78, 5) is 0. The predicted octanol–water partition coefficient (Wildman–Crippen LogP) is 3.50. The molecule has 2 rings (SSSR count). The molecule has 0 aliphatic rings. The zero-order chi connectivity index (χ0) is 14.0. The molecule has 2 nitrogen and oxygen atoms in total. The molecule has 0 N–H and O–H groups in total. The van der Waals surface area contributed by atoms with Gasteiger partial charge < -0.3 is 9.13 Å². The van der Waals surface area contributed by atoms with Crippen LogP contribution in [0.1, 0.15) is 33.6 Å². The molecule has 0 atom stereocenters. The van der Waals surface area contributed by atoms with Gasteiger partial charge in [0.2, 0.25) is 0 Å². The number of hydrogen-bond acceptors (Lipinski definition) is 0. The van der Waals surface area contributed by atoms with Crippen LogP contribution in [-0.2, 0) is 33.6 Å². The molecule has 2 aromatic heterocycles. The number of aryl methyl sites for hydroxylation is 4. The van der Waals surface area contributed by atoms with Crippen molar-refractivity contribution in [3.8, 4) is 0 Å². The minimum Gasteiger partial charge on any atom is -0.470 e. The summed E-state index contributed by atoms with van der Waals surface area (Å²) >= 11 is 0. The van der Waals surface area contributed by atoms with Crippen LogP contribution >= 0.6 is 0 Å². The average Bonchev–Trinajstić information content (AvgIpc) is 2.66. The van der Waals surface area contributed by atoms with Gasteiger partial charge in [-0.2, -0.15) is 22.3 Å². The summed E-state index contributed by atoms with van der Waals surface area (Å²) in [7, 11) is 4.05. The summed E-state index contributed by atoms with van der Waals surface area (Å²) < 4.78 is 4.06. The Morgan fingerprint density at radius 1 is 0.632 bits per heavy atom. The van der Waals surface area contributed by atoms with Crippen molar-refractivity contribution < 1.29 is 19.5 Å². The Morgan fingerprint density at radius 3 is 0.947 bits per heavy atom. The van der Waals surface area contributed by atoms with Gasteiger partial charge in [0.25, 0.3) is 0 Å². The van der Waals surface area contributed by atoms with Crippen LogP contribution in [-0.4, -0.2) is 9.13 Å². The van der Waals surface area contributed by atoms with Crippen LogP contribution in [0.3, 0.4) is 0 Å². The van der Waals surface area contributed by atoms with E-state index in [0.717, 1.165) is 0 Å². The van der Waals surface area contributed by atoms with E-state index in [2.05, 4.69) is 53.9 Å². The smallest absolute Gasteiger partial charge is 0.470 e. The Labute approximate surface area is 130 Å². The van der Waals surface area contributed by atoms with Gasteiger partial charge in [-0.05, 0) is 14.1 Å². The number of hydrogen-bond donors (Lipinski definition) is 0. The maximum absolute atomic E-state index is 3.19. The fourth-order valence-corrected chi connectivity index (χ4v) is 1.88. The normalized spacial score (nSPS) is 9.68. The minimum absolute atomic E-state index is 0. The maximum atomic E-state index is 3.19. The van der Waals surface area contributed by atoms with Crippen molar-refractivity contribution in [2.24, 2.45) is 14.1 Å². The third-order valence-electron chi connectivity index (χ3n) is 3.89. The van der Waals surface area contributed by atoms with E-state index in [-0.39, 0.29) is 19.5 Å². The quantitative estimate of drug-likeness (QED) is 0.511. The number of nitrogens with zero attached hydrogens (tertiary/aromatic N) is 2. The zero-order valence-electron chi connectivity index (χ0n) is 13.2. The van der Waals surface area contributed by atoms with Crippen LogP contribution in [0.5, 0.6) is 0 Å². The zero-order valence-corrected chi connectivity index (χ0v) is 15.0. The van der Waals surface area contributed by atoms with Crippen molar-refractivity contribution in [1.29, 1.82) is 0 Å². The van der Waals surface area contributed by atoms with Crippen LogP contribution in [0, 0.1) is 53.9 Å².